The number of hydrogen-bond acceptors (Lipinski definition) is 2. The Morgan fingerprint density at radius 2 is 1.31 bits per heavy atom. The molecule has 0 spiro atoms. The van der Waals surface area contributed by atoms with Crippen molar-refractivity contribution in [2.75, 3.05) is 0 Å². The molecule has 0 N–H and O–H groups in total. The quantitative estimate of drug-likeness (QED) is 0.317. The molecule has 0 fully saturated rings. The van der Waals surface area contributed by atoms with E-state index in [2.05, 4.69) is 4.74 Å². The molecule has 0 aliphatic carbocycles. The Labute approximate surface area is 138 Å². The van der Waals surface area contributed by atoms with Crippen molar-refractivity contribution in [3.8, 4) is 5.75 Å². The standard InChI is InChI=1S/C15H5F9O2/c1-3(25)6-9(19)11(21)12(22)13(23)14(6)26-15(24)4-2-5(16)8(18)10(20)7(4)17/h2,15H,1H3. The molecule has 0 aromatic heterocycles. The van der Waals surface area contributed by atoms with Crippen molar-refractivity contribution in [1.82, 2.24) is 0 Å². The highest BCUT2D eigenvalue weighted by atomic mass is 19.2. The van der Waals surface area contributed by atoms with Gasteiger partial charge in [0, 0.05) is 0 Å². The van der Waals surface area contributed by atoms with Gasteiger partial charge in [-0.15, -0.1) is 0 Å². The maximum atomic E-state index is 14.0. The molecular formula is C15H5F9O2. The van der Waals surface area contributed by atoms with Crippen molar-refractivity contribution < 1.29 is 49.0 Å². The SMILES string of the molecule is CC(=O)c1c(F)c(F)c(F)c(F)c1OC(F)c1cc(F)c(F)c(F)c1F. The minimum absolute atomic E-state index is 0.194. The van der Waals surface area contributed by atoms with Crippen LogP contribution in [-0.2, 0) is 0 Å². The number of Topliss-reactive ketones (excluding diaryl/α,β-unsaturated/α-hetero) is 1. The summed E-state index contributed by atoms with van der Waals surface area (Å²) in [7, 11) is 0. The molecule has 2 aromatic rings. The van der Waals surface area contributed by atoms with Crippen LogP contribution in [0.2, 0.25) is 0 Å². The van der Waals surface area contributed by atoms with Crippen LogP contribution in [0.1, 0.15) is 29.2 Å². The molecule has 2 rings (SSSR count). The van der Waals surface area contributed by atoms with Gasteiger partial charge in [0.05, 0.1) is 5.56 Å². The number of benzene rings is 2. The first-order valence-corrected chi connectivity index (χ1v) is 6.49. The highest BCUT2D eigenvalue weighted by molar-refractivity contribution is 5.97. The summed E-state index contributed by atoms with van der Waals surface area (Å²) in [5.74, 6) is -21.7. The fourth-order valence-corrected chi connectivity index (χ4v) is 1.96. The average molecular weight is 388 g/mol. The Kier molecular flexibility index (Phi) is 5.19. The molecule has 11 heteroatoms. The second kappa shape index (κ2) is 6.89. The van der Waals surface area contributed by atoms with Crippen molar-refractivity contribution in [2.45, 2.75) is 13.3 Å². The predicted octanol–water partition coefficient (Wildman–Crippen LogP) is 5.05. The molecule has 1 atom stereocenters. The van der Waals surface area contributed by atoms with Crippen LogP contribution in [0.4, 0.5) is 39.5 Å². The van der Waals surface area contributed by atoms with E-state index in [1.54, 1.807) is 0 Å². The molecule has 0 saturated heterocycles. The summed E-state index contributed by atoms with van der Waals surface area (Å²) in [4.78, 5) is 11.3. The third-order valence-electron chi connectivity index (χ3n) is 3.17. The van der Waals surface area contributed by atoms with Crippen LogP contribution in [-0.4, -0.2) is 5.78 Å². The zero-order chi connectivity index (χ0) is 19.9. The van der Waals surface area contributed by atoms with Gasteiger partial charge in [-0.2, -0.15) is 8.78 Å². The molecule has 0 saturated carbocycles. The Hall–Kier alpha value is -2.72. The summed E-state index contributed by atoms with van der Waals surface area (Å²) < 4.78 is 124. The van der Waals surface area contributed by atoms with Gasteiger partial charge in [-0.25, -0.2) is 30.7 Å². The van der Waals surface area contributed by atoms with Crippen LogP contribution in [0.5, 0.6) is 5.75 Å². The summed E-state index contributed by atoms with van der Waals surface area (Å²) in [5.41, 5.74) is -3.20. The number of alkyl halides is 1. The zero-order valence-corrected chi connectivity index (χ0v) is 12.4. The van der Waals surface area contributed by atoms with E-state index < -0.39 is 75.6 Å². The van der Waals surface area contributed by atoms with Crippen LogP contribution < -0.4 is 4.74 Å². The van der Waals surface area contributed by atoms with Crippen LogP contribution in [0.25, 0.3) is 0 Å². The first-order valence-electron chi connectivity index (χ1n) is 6.49. The van der Waals surface area contributed by atoms with Crippen molar-refractivity contribution >= 4 is 5.78 Å². The predicted molar refractivity (Wildman–Crippen MR) is 67.0 cm³/mol. The number of halogens is 9. The number of ether oxygens (including phenoxy) is 1. The molecule has 0 radical (unpaired) electrons. The molecule has 0 amide bonds. The van der Waals surface area contributed by atoms with Gasteiger partial charge in [0.25, 0.3) is 6.36 Å². The first-order chi connectivity index (χ1) is 12.0. The van der Waals surface area contributed by atoms with Crippen molar-refractivity contribution in [3.05, 3.63) is 63.7 Å². The molecular weight excluding hydrogens is 383 g/mol. The Balaban J connectivity index is 2.61. The van der Waals surface area contributed by atoms with Crippen LogP contribution in [0, 0.1) is 46.5 Å². The number of carbonyl (C=O) groups excluding carboxylic acids is 1. The maximum absolute atomic E-state index is 14.0. The largest absolute Gasteiger partial charge is 0.452 e. The number of hydrogen-bond donors (Lipinski definition) is 0. The average Bonchev–Trinajstić information content (AvgIpc) is 2.58. The van der Waals surface area contributed by atoms with E-state index in [0.717, 1.165) is 0 Å². The fraction of sp³-hybridized carbons (Fsp3) is 0.133. The smallest absolute Gasteiger partial charge is 0.267 e. The summed E-state index contributed by atoms with van der Waals surface area (Å²) >= 11 is 0. The molecule has 0 aliphatic rings. The van der Waals surface area contributed by atoms with Gasteiger partial charge in [0.2, 0.25) is 11.6 Å². The Morgan fingerprint density at radius 3 is 1.85 bits per heavy atom. The summed E-state index contributed by atoms with van der Waals surface area (Å²) in [5, 5.41) is 0. The van der Waals surface area contributed by atoms with E-state index in [9.17, 15) is 44.3 Å². The lowest BCUT2D eigenvalue weighted by molar-refractivity contribution is 0.0549. The third-order valence-corrected chi connectivity index (χ3v) is 3.17. The molecule has 0 heterocycles. The topological polar surface area (TPSA) is 26.3 Å². The second-order valence-corrected chi connectivity index (χ2v) is 4.84. The second-order valence-electron chi connectivity index (χ2n) is 4.84. The van der Waals surface area contributed by atoms with Crippen LogP contribution >= 0.6 is 0 Å². The van der Waals surface area contributed by atoms with E-state index in [-0.39, 0.29) is 6.07 Å². The van der Waals surface area contributed by atoms with E-state index in [4.69, 9.17) is 0 Å². The Bertz CT molecular complexity index is 911. The summed E-state index contributed by atoms with van der Waals surface area (Å²) in [6.45, 7) is 0.563. The third kappa shape index (κ3) is 3.08. The van der Waals surface area contributed by atoms with Gasteiger partial charge in [0.15, 0.2) is 46.4 Å². The summed E-state index contributed by atoms with van der Waals surface area (Å²) in [6.07, 6.45) is -3.34. The van der Waals surface area contributed by atoms with E-state index in [1.165, 1.54) is 0 Å². The van der Waals surface area contributed by atoms with Gasteiger partial charge < -0.3 is 4.74 Å². The van der Waals surface area contributed by atoms with E-state index in [0.29, 0.717) is 6.92 Å². The molecule has 2 aromatic carbocycles. The maximum Gasteiger partial charge on any atom is 0.267 e. The van der Waals surface area contributed by atoms with E-state index in [1.807, 2.05) is 0 Å². The van der Waals surface area contributed by atoms with Crippen molar-refractivity contribution in [1.29, 1.82) is 0 Å². The Morgan fingerprint density at radius 1 is 0.808 bits per heavy atom. The lowest BCUT2D eigenvalue weighted by Gasteiger charge is -2.17. The normalized spacial score (nSPS) is 12.2. The highest BCUT2D eigenvalue weighted by Gasteiger charge is 2.32. The van der Waals surface area contributed by atoms with Gasteiger partial charge in [-0.05, 0) is 13.0 Å². The van der Waals surface area contributed by atoms with Crippen LogP contribution in [0.15, 0.2) is 6.07 Å². The molecule has 26 heavy (non-hydrogen) atoms. The number of carbonyl (C=O) groups is 1. The molecule has 2 nitrogen and oxygen atoms in total. The molecule has 0 aliphatic heterocycles. The van der Waals surface area contributed by atoms with Gasteiger partial charge in [-0.3, -0.25) is 4.79 Å². The monoisotopic (exact) mass is 388 g/mol. The van der Waals surface area contributed by atoms with Gasteiger partial charge in [-0.1, -0.05) is 0 Å². The fourth-order valence-electron chi connectivity index (χ4n) is 1.96. The van der Waals surface area contributed by atoms with E-state index >= 15 is 0 Å². The minimum atomic E-state index is -3.34. The molecule has 0 bridgehead atoms. The van der Waals surface area contributed by atoms with Crippen molar-refractivity contribution in [3.63, 3.8) is 0 Å². The number of ketones is 1. The lowest BCUT2D eigenvalue weighted by Crippen LogP contribution is -2.14. The lowest BCUT2D eigenvalue weighted by atomic mass is 10.1. The molecule has 1 unspecified atom stereocenters. The number of rotatable bonds is 4. The molecule has 140 valence electrons. The first kappa shape index (κ1) is 19.6. The van der Waals surface area contributed by atoms with Crippen LogP contribution in [0.3, 0.4) is 0 Å². The van der Waals surface area contributed by atoms with Gasteiger partial charge >= 0.3 is 0 Å². The van der Waals surface area contributed by atoms with Crippen molar-refractivity contribution in [2.24, 2.45) is 0 Å². The summed E-state index contributed by atoms with van der Waals surface area (Å²) in [6, 6.07) is -0.194. The zero-order valence-electron chi connectivity index (χ0n) is 12.4. The van der Waals surface area contributed by atoms with Gasteiger partial charge in [0.1, 0.15) is 5.56 Å². The highest BCUT2D eigenvalue weighted by Crippen LogP contribution is 2.35. The minimum Gasteiger partial charge on any atom is -0.452 e.